The molecule has 20 heavy (non-hydrogen) atoms. The second kappa shape index (κ2) is 7.17. The number of hydrogen-bond acceptors (Lipinski definition) is 6. The molecular weight excluding hydrogens is 278 g/mol. The van der Waals surface area contributed by atoms with E-state index in [1.807, 2.05) is 13.0 Å². The van der Waals surface area contributed by atoms with Gasteiger partial charge in [0.2, 0.25) is 16.0 Å². The average Bonchev–Trinajstić information content (AvgIpc) is 2.45. The van der Waals surface area contributed by atoms with Gasteiger partial charge in [-0.3, -0.25) is 0 Å². The van der Waals surface area contributed by atoms with Gasteiger partial charge in [-0.15, -0.1) is 0 Å². The molecule has 1 unspecified atom stereocenters. The first-order chi connectivity index (χ1) is 9.41. The molecule has 0 fully saturated rings. The summed E-state index contributed by atoms with van der Waals surface area (Å²) < 4.78 is 25.6. The van der Waals surface area contributed by atoms with Crippen LogP contribution in [0.2, 0.25) is 0 Å². The van der Waals surface area contributed by atoms with Crippen LogP contribution in [-0.4, -0.2) is 42.8 Å². The fourth-order valence-corrected chi connectivity index (χ4v) is 2.63. The molecule has 1 atom stereocenters. The predicted molar refractivity (Wildman–Crippen MR) is 75.4 cm³/mol. The van der Waals surface area contributed by atoms with Gasteiger partial charge in [0.1, 0.15) is 4.90 Å². The van der Waals surface area contributed by atoms with Gasteiger partial charge in [-0.05, 0) is 13.3 Å². The topological polar surface area (TPSA) is 99.0 Å². The van der Waals surface area contributed by atoms with E-state index in [4.69, 9.17) is 5.26 Å². The maximum Gasteiger partial charge on any atom is 0.245 e. The summed E-state index contributed by atoms with van der Waals surface area (Å²) in [4.78, 5) is 7.96. The Bertz CT molecular complexity index is 565. The molecule has 0 saturated carbocycles. The highest BCUT2D eigenvalue weighted by molar-refractivity contribution is 7.89. The first-order valence-corrected chi connectivity index (χ1v) is 7.77. The van der Waals surface area contributed by atoms with Crippen LogP contribution >= 0.6 is 0 Å². The molecule has 110 valence electrons. The lowest BCUT2D eigenvalue weighted by Crippen LogP contribution is -2.31. The van der Waals surface area contributed by atoms with Crippen molar-refractivity contribution in [2.45, 2.75) is 25.2 Å². The molecular formula is C12H19N5O2S. The highest BCUT2D eigenvalue weighted by Gasteiger charge is 2.23. The quantitative estimate of drug-likeness (QED) is 0.808. The van der Waals surface area contributed by atoms with E-state index in [1.54, 1.807) is 6.92 Å². The summed E-state index contributed by atoms with van der Waals surface area (Å²) in [5, 5.41) is 11.7. The van der Waals surface area contributed by atoms with Gasteiger partial charge in [0.05, 0.1) is 24.4 Å². The molecule has 0 radical (unpaired) electrons. The van der Waals surface area contributed by atoms with E-state index in [0.717, 1.165) is 17.3 Å². The molecule has 7 nitrogen and oxygen atoms in total. The summed E-state index contributed by atoms with van der Waals surface area (Å²) in [5.41, 5.74) is 0. The third-order valence-electron chi connectivity index (χ3n) is 2.62. The SMILES string of the molecule is CCCNc1ncc(S(=O)(=O)N(C)CC(C)C#N)cn1. The van der Waals surface area contributed by atoms with Gasteiger partial charge < -0.3 is 5.32 Å². The second-order valence-corrected chi connectivity index (χ2v) is 6.53. The monoisotopic (exact) mass is 297 g/mol. The van der Waals surface area contributed by atoms with E-state index < -0.39 is 10.0 Å². The molecule has 8 heteroatoms. The Hall–Kier alpha value is -1.72. The Morgan fingerprint density at radius 3 is 2.55 bits per heavy atom. The molecule has 0 spiro atoms. The average molecular weight is 297 g/mol. The highest BCUT2D eigenvalue weighted by Crippen LogP contribution is 2.14. The van der Waals surface area contributed by atoms with Gasteiger partial charge in [0.15, 0.2) is 0 Å². The molecule has 0 aliphatic rings. The third kappa shape index (κ3) is 4.15. The van der Waals surface area contributed by atoms with Crippen molar-refractivity contribution in [2.75, 3.05) is 25.5 Å². The van der Waals surface area contributed by atoms with E-state index in [0.29, 0.717) is 5.95 Å². The molecule has 0 amide bonds. The van der Waals surface area contributed by atoms with Crippen LogP contribution in [-0.2, 0) is 10.0 Å². The van der Waals surface area contributed by atoms with Gasteiger partial charge >= 0.3 is 0 Å². The lowest BCUT2D eigenvalue weighted by atomic mass is 10.2. The number of nitrogens with zero attached hydrogens (tertiary/aromatic N) is 4. The largest absolute Gasteiger partial charge is 0.354 e. The molecule has 0 saturated heterocycles. The van der Waals surface area contributed by atoms with Crippen molar-refractivity contribution >= 4 is 16.0 Å². The molecule has 0 aromatic carbocycles. The Morgan fingerprint density at radius 2 is 2.05 bits per heavy atom. The van der Waals surface area contributed by atoms with Crippen molar-refractivity contribution < 1.29 is 8.42 Å². The van der Waals surface area contributed by atoms with E-state index in [1.165, 1.54) is 19.4 Å². The van der Waals surface area contributed by atoms with Crippen molar-refractivity contribution in [3.05, 3.63) is 12.4 Å². The minimum absolute atomic E-state index is 0.0205. The van der Waals surface area contributed by atoms with Crippen LogP contribution in [0.3, 0.4) is 0 Å². The lowest BCUT2D eigenvalue weighted by Gasteiger charge is -2.17. The van der Waals surface area contributed by atoms with E-state index in [9.17, 15) is 8.42 Å². The molecule has 1 N–H and O–H groups in total. The second-order valence-electron chi connectivity index (χ2n) is 4.48. The standard InChI is InChI=1S/C12H19N5O2S/c1-4-5-14-12-15-7-11(8-16-12)20(18,19)17(3)9-10(2)6-13/h7-8,10H,4-5,9H2,1-3H3,(H,14,15,16). The van der Waals surface area contributed by atoms with Crippen molar-refractivity contribution in [1.82, 2.24) is 14.3 Å². The van der Waals surface area contributed by atoms with Crippen LogP contribution in [0.15, 0.2) is 17.3 Å². The molecule has 1 aromatic heterocycles. The fourth-order valence-electron chi connectivity index (χ4n) is 1.48. The van der Waals surface area contributed by atoms with Gasteiger partial charge in [-0.25, -0.2) is 18.4 Å². The van der Waals surface area contributed by atoms with Crippen LogP contribution in [0.5, 0.6) is 0 Å². The minimum Gasteiger partial charge on any atom is -0.354 e. The summed E-state index contributed by atoms with van der Waals surface area (Å²) in [6, 6.07) is 2.00. The number of hydrogen-bond donors (Lipinski definition) is 1. The third-order valence-corrected chi connectivity index (χ3v) is 4.40. The Morgan fingerprint density at radius 1 is 1.45 bits per heavy atom. The van der Waals surface area contributed by atoms with Crippen molar-refractivity contribution in [3.63, 3.8) is 0 Å². The summed E-state index contributed by atoms with van der Waals surface area (Å²) in [5.74, 6) is 0.0278. The fraction of sp³-hybridized carbons (Fsp3) is 0.583. The summed E-state index contributed by atoms with van der Waals surface area (Å²) in [6.07, 6.45) is 3.47. The Kier molecular flexibility index (Phi) is 5.85. The van der Waals surface area contributed by atoms with Gasteiger partial charge in [0, 0.05) is 20.1 Å². The van der Waals surface area contributed by atoms with Crippen LogP contribution in [0.25, 0.3) is 0 Å². The summed E-state index contributed by atoms with van der Waals surface area (Å²) >= 11 is 0. The van der Waals surface area contributed by atoms with Crippen LogP contribution in [0, 0.1) is 17.2 Å². The van der Waals surface area contributed by atoms with Crippen LogP contribution in [0.1, 0.15) is 20.3 Å². The normalized spacial score (nSPS) is 12.9. The van der Waals surface area contributed by atoms with E-state index in [-0.39, 0.29) is 17.4 Å². The van der Waals surface area contributed by atoms with Gasteiger partial charge in [0.25, 0.3) is 0 Å². The van der Waals surface area contributed by atoms with Crippen molar-refractivity contribution in [1.29, 1.82) is 5.26 Å². The first-order valence-electron chi connectivity index (χ1n) is 6.33. The predicted octanol–water partition coefficient (Wildman–Crippen LogP) is 1.08. The zero-order chi connectivity index (χ0) is 15.2. The molecule has 1 heterocycles. The Labute approximate surface area is 119 Å². The minimum atomic E-state index is -3.65. The maximum atomic E-state index is 12.2. The Balaban J connectivity index is 2.85. The lowest BCUT2D eigenvalue weighted by molar-refractivity contribution is 0.438. The summed E-state index contributed by atoms with van der Waals surface area (Å²) in [6.45, 7) is 4.54. The van der Waals surface area contributed by atoms with Crippen LogP contribution in [0.4, 0.5) is 5.95 Å². The summed E-state index contributed by atoms with van der Waals surface area (Å²) in [7, 11) is -2.22. The van der Waals surface area contributed by atoms with E-state index in [2.05, 4.69) is 15.3 Å². The molecule has 0 aliphatic heterocycles. The van der Waals surface area contributed by atoms with E-state index >= 15 is 0 Å². The van der Waals surface area contributed by atoms with Gasteiger partial charge in [-0.2, -0.15) is 9.57 Å². The van der Waals surface area contributed by atoms with Gasteiger partial charge in [-0.1, -0.05) is 6.92 Å². The number of anilines is 1. The maximum absolute atomic E-state index is 12.2. The molecule has 1 aromatic rings. The zero-order valence-corrected chi connectivity index (χ0v) is 12.7. The van der Waals surface area contributed by atoms with Crippen LogP contribution < -0.4 is 5.32 Å². The number of aromatic nitrogens is 2. The molecule has 0 aliphatic carbocycles. The zero-order valence-electron chi connectivity index (χ0n) is 11.9. The number of sulfonamides is 1. The molecule has 0 bridgehead atoms. The highest BCUT2D eigenvalue weighted by atomic mass is 32.2. The van der Waals surface area contributed by atoms with Crippen molar-refractivity contribution in [2.24, 2.45) is 5.92 Å². The van der Waals surface area contributed by atoms with Crippen molar-refractivity contribution in [3.8, 4) is 6.07 Å². The number of rotatable bonds is 7. The number of nitriles is 1. The first kappa shape index (κ1) is 16.3. The smallest absolute Gasteiger partial charge is 0.245 e. The number of nitrogens with one attached hydrogen (secondary N) is 1. The molecule has 1 rings (SSSR count).